The number of carbonyl (C=O) groups excluding carboxylic acids is 2. The fraction of sp³-hybridized carbons (Fsp3) is 0.593. The number of imidazole rings is 1. The number of alkyl halides is 3. The Bertz CT molecular complexity index is 1360. The number of halogens is 3. The van der Waals surface area contributed by atoms with Crippen molar-refractivity contribution in [1.82, 2.24) is 35.0 Å². The minimum absolute atomic E-state index is 0.0243. The molecule has 2 atom stereocenters. The lowest BCUT2D eigenvalue weighted by atomic mass is 9.81. The van der Waals surface area contributed by atoms with Gasteiger partial charge in [0.2, 0.25) is 11.8 Å². The highest BCUT2D eigenvalue weighted by Gasteiger charge is 2.39. The molecule has 10 nitrogen and oxygen atoms in total. The van der Waals surface area contributed by atoms with Gasteiger partial charge in [-0.05, 0) is 63.5 Å². The van der Waals surface area contributed by atoms with Gasteiger partial charge in [0.05, 0.1) is 24.1 Å². The number of nitrogens with one attached hydrogen (secondary N) is 2. The topological polar surface area (TPSA) is 126 Å². The Morgan fingerprint density at radius 3 is 2.58 bits per heavy atom. The number of aliphatic hydroxyl groups excluding tert-OH is 1. The zero-order valence-electron chi connectivity index (χ0n) is 22.4. The molecule has 0 unspecified atom stereocenters. The van der Waals surface area contributed by atoms with E-state index in [2.05, 4.69) is 25.8 Å². The Morgan fingerprint density at radius 2 is 1.90 bits per heavy atom. The van der Waals surface area contributed by atoms with Crippen molar-refractivity contribution in [1.29, 1.82) is 0 Å². The first kappa shape index (κ1) is 28.1. The second-order valence-corrected chi connectivity index (χ2v) is 11.3. The summed E-state index contributed by atoms with van der Waals surface area (Å²) in [5, 5.41) is 24.6. The average Bonchev–Trinajstić information content (AvgIpc) is 3.53. The molecule has 2 saturated carbocycles. The summed E-state index contributed by atoms with van der Waals surface area (Å²) in [5.74, 6) is -3.80. The van der Waals surface area contributed by atoms with Crippen LogP contribution in [-0.2, 0) is 4.79 Å². The van der Waals surface area contributed by atoms with Gasteiger partial charge in [-0.3, -0.25) is 14.3 Å². The molecule has 2 aliphatic rings. The van der Waals surface area contributed by atoms with Gasteiger partial charge in [0.15, 0.2) is 11.9 Å². The zero-order chi connectivity index (χ0) is 28.6. The Labute approximate surface area is 229 Å². The van der Waals surface area contributed by atoms with E-state index >= 15 is 0 Å². The van der Waals surface area contributed by atoms with E-state index < -0.39 is 24.4 Å². The SMILES string of the molecule is CC(C)n1nccc1C(=O)N[C@H](c1cn2ncc([C@@H](O)NC(=O)C[C@H]3C[C@H](F)C3)cc2n1)C1CCC(F)(F)CC1. The van der Waals surface area contributed by atoms with Gasteiger partial charge in [-0.15, -0.1) is 0 Å². The van der Waals surface area contributed by atoms with E-state index in [1.807, 2.05) is 13.8 Å². The van der Waals surface area contributed by atoms with Crippen LogP contribution < -0.4 is 10.6 Å². The van der Waals surface area contributed by atoms with E-state index in [1.165, 1.54) is 16.9 Å². The first-order chi connectivity index (χ1) is 19.0. The molecule has 2 amide bonds. The molecular weight excluding hydrogens is 527 g/mol. The summed E-state index contributed by atoms with van der Waals surface area (Å²) >= 11 is 0. The number of rotatable bonds is 9. The maximum absolute atomic E-state index is 14.0. The predicted octanol–water partition coefficient (Wildman–Crippen LogP) is 4.05. The molecule has 3 aromatic rings. The Morgan fingerprint density at radius 1 is 1.18 bits per heavy atom. The quantitative estimate of drug-likeness (QED) is 0.339. The third-order valence-corrected chi connectivity index (χ3v) is 7.86. The smallest absolute Gasteiger partial charge is 0.270 e. The summed E-state index contributed by atoms with van der Waals surface area (Å²) in [6, 6.07) is 2.46. The van der Waals surface area contributed by atoms with Crippen molar-refractivity contribution in [2.24, 2.45) is 11.8 Å². The molecular formula is C27H34F3N7O3. The van der Waals surface area contributed by atoms with Crippen LogP contribution in [-0.4, -0.2) is 53.4 Å². The molecule has 5 rings (SSSR count). The van der Waals surface area contributed by atoms with Crippen molar-refractivity contribution < 1.29 is 27.9 Å². The first-order valence-corrected chi connectivity index (χ1v) is 13.7. The van der Waals surface area contributed by atoms with Crippen molar-refractivity contribution >= 4 is 17.5 Å². The molecule has 216 valence electrons. The number of fused-ring (bicyclic) bond motifs is 1. The maximum atomic E-state index is 14.0. The van der Waals surface area contributed by atoms with Crippen LogP contribution in [0.3, 0.4) is 0 Å². The van der Waals surface area contributed by atoms with Gasteiger partial charge < -0.3 is 15.7 Å². The molecule has 2 fully saturated rings. The van der Waals surface area contributed by atoms with E-state index in [1.54, 1.807) is 23.0 Å². The van der Waals surface area contributed by atoms with Crippen molar-refractivity contribution in [2.45, 2.75) is 89.2 Å². The largest absolute Gasteiger partial charge is 0.369 e. The second kappa shape index (κ2) is 11.2. The van der Waals surface area contributed by atoms with E-state index in [4.69, 9.17) is 0 Å². The highest BCUT2D eigenvalue weighted by Crippen LogP contribution is 2.41. The number of aliphatic hydroxyl groups is 1. The number of aromatic nitrogens is 5. The summed E-state index contributed by atoms with van der Waals surface area (Å²) in [7, 11) is 0. The van der Waals surface area contributed by atoms with E-state index in [0.717, 1.165) is 0 Å². The van der Waals surface area contributed by atoms with Gasteiger partial charge in [-0.25, -0.2) is 22.7 Å². The number of amides is 2. The zero-order valence-corrected chi connectivity index (χ0v) is 22.4. The number of carbonyl (C=O) groups is 2. The normalized spacial score (nSPS) is 22.6. The lowest BCUT2D eigenvalue weighted by molar-refractivity contribution is -0.126. The van der Waals surface area contributed by atoms with Crippen LogP contribution in [0.2, 0.25) is 0 Å². The fourth-order valence-electron chi connectivity index (χ4n) is 5.54. The minimum Gasteiger partial charge on any atom is -0.369 e. The Hall–Kier alpha value is -3.48. The molecule has 0 saturated heterocycles. The monoisotopic (exact) mass is 561 g/mol. The van der Waals surface area contributed by atoms with E-state index in [-0.39, 0.29) is 61.8 Å². The van der Waals surface area contributed by atoms with Crippen molar-refractivity contribution in [3.05, 3.63) is 47.7 Å². The summed E-state index contributed by atoms with van der Waals surface area (Å²) in [6.07, 6.45) is 3.07. The van der Waals surface area contributed by atoms with Gasteiger partial charge >= 0.3 is 0 Å². The van der Waals surface area contributed by atoms with Crippen LogP contribution in [0.25, 0.3) is 5.65 Å². The highest BCUT2D eigenvalue weighted by atomic mass is 19.3. The van der Waals surface area contributed by atoms with Crippen LogP contribution in [0.5, 0.6) is 0 Å². The molecule has 3 aromatic heterocycles. The molecule has 3 N–H and O–H groups in total. The van der Waals surface area contributed by atoms with Gasteiger partial charge in [0, 0.05) is 37.1 Å². The van der Waals surface area contributed by atoms with Gasteiger partial charge in [0.25, 0.3) is 5.91 Å². The molecule has 0 aromatic carbocycles. The van der Waals surface area contributed by atoms with Crippen molar-refractivity contribution in [3.63, 3.8) is 0 Å². The molecule has 0 spiro atoms. The van der Waals surface area contributed by atoms with Crippen molar-refractivity contribution in [3.8, 4) is 0 Å². The first-order valence-electron chi connectivity index (χ1n) is 13.7. The van der Waals surface area contributed by atoms with E-state index in [9.17, 15) is 27.9 Å². The average molecular weight is 562 g/mol. The fourth-order valence-corrected chi connectivity index (χ4v) is 5.54. The number of hydrogen-bond acceptors (Lipinski definition) is 6. The van der Waals surface area contributed by atoms with Crippen LogP contribution >= 0.6 is 0 Å². The molecule has 3 heterocycles. The second-order valence-electron chi connectivity index (χ2n) is 11.3. The van der Waals surface area contributed by atoms with Gasteiger partial charge in [-0.2, -0.15) is 10.2 Å². The van der Waals surface area contributed by atoms with Gasteiger partial charge in [-0.1, -0.05) is 0 Å². The summed E-state index contributed by atoms with van der Waals surface area (Å²) in [6.45, 7) is 3.80. The van der Waals surface area contributed by atoms with Crippen LogP contribution in [0.4, 0.5) is 13.2 Å². The van der Waals surface area contributed by atoms with Crippen LogP contribution in [0, 0.1) is 11.8 Å². The van der Waals surface area contributed by atoms with E-state index in [0.29, 0.717) is 35.4 Å². The Balaban J connectivity index is 1.36. The molecule has 13 heteroatoms. The third kappa shape index (κ3) is 6.13. The highest BCUT2D eigenvalue weighted by molar-refractivity contribution is 5.92. The van der Waals surface area contributed by atoms with Crippen LogP contribution in [0.1, 0.15) is 98.9 Å². The lowest BCUT2D eigenvalue weighted by Gasteiger charge is -2.33. The summed E-state index contributed by atoms with van der Waals surface area (Å²) < 4.78 is 44.0. The maximum Gasteiger partial charge on any atom is 0.270 e. The summed E-state index contributed by atoms with van der Waals surface area (Å²) in [5.41, 5.74) is 1.46. The molecule has 0 radical (unpaired) electrons. The predicted molar refractivity (Wildman–Crippen MR) is 138 cm³/mol. The molecule has 0 bridgehead atoms. The third-order valence-electron chi connectivity index (χ3n) is 7.86. The molecule has 0 aliphatic heterocycles. The lowest BCUT2D eigenvalue weighted by Crippen LogP contribution is -2.38. The molecule has 2 aliphatic carbocycles. The standard InChI is InChI=1S/C27H34F3N7O3/c1-15(2)37-21(5-8-31-37)26(40)35-24(17-3-6-27(29,30)7-4-17)20-14-36-22(33-20)12-18(13-32-36)25(39)34-23(38)11-16-9-19(28)10-16/h5,8,12-17,19,24-25,39H,3-4,6-7,9-11H2,1-2H3,(H,34,38)(H,35,40)/t16-,19-,24-,25+/m0/s1. The summed E-state index contributed by atoms with van der Waals surface area (Å²) in [4.78, 5) is 30.2. The van der Waals surface area contributed by atoms with Crippen LogP contribution in [0.15, 0.2) is 30.7 Å². The van der Waals surface area contributed by atoms with Gasteiger partial charge in [0.1, 0.15) is 11.9 Å². The Kier molecular flexibility index (Phi) is 7.85. The van der Waals surface area contributed by atoms with Crippen molar-refractivity contribution in [2.75, 3.05) is 0 Å². The number of nitrogens with zero attached hydrogens (tertiary/aromatic N) is 5. The molecule has 40 heavy (non-hydrogen) atoms. The number of hydrogen-bond donors (Lipinski definition) is 3. The minimum atomic E-state index is -2.73.